The number of nitrogens with zero attached hydrogens (tertiary/aromatic N) is 2. The van der Waals surface area contributed by atoms with Crippen LogP contribution < -0.4 is 0 Å². The first-order valence-electron chi connectivity index (χ1n) is 8.84. The smallest absolute Gasteiger partial charge is 0.325 e. The molecule has 148 valence electrons. The minimum atomic E-state index is -1.54. The lowest BCUT2D eigenvalue weighted by Gasteiger charge is -2.29. The first-order valence-corrected chi connectivity index (χ1v) is 13.1. The van der Waals surface area contributed by atoms with Crippen LogP contribution in [0.1, 0.15) is 12.5 Å². The van der Waals surface area contributed by atoms with Crippen molar-refractivity contribution in [2.24, 2.45) is 0 Å². The number of halogens is 1. The second kappa shape index (κ2) is 10.6. The van der Waals surface area contributed by atoms with Gasteiger partial charge in [0.25, 0.3) is 0 Å². The van der Waals surface area contributed by atoms with Crippen molar-refractivity contribution in [2.45, 2.75) is 39.2 Å². The number of carbonyl (C=O) groups excluding carboxylic acids is 2. The van der Waals surface area contributed by atoms with Gasteiger partial charge in [0.2, 0.25) is 5.91 Å². The van der Waals surface area contributed by atoms with Gasteiger partial charge in [-0.25, -0.2) is 0 Å². The molecule has 0 fully saturated rings. The Kier molecular flexibility index (Phi) is 9.23. The van der Waals surface area contributed by atoms with Crippen molar-refractivity contribution >= 4 is 35.9 Å². The average molecular weight is 453 g/mol. The third-order valence-corrected chi connectivity index (χ3v) is 5.69. The number of benzene rings is 1. The van der Waals surface area contributed by atoms with E-state index >= 15 is 0 Å². The van der Waals surface area contributed by atoms with Crippen LogP contribution in [-0.4, -0.2) is 63.0 Å². The molecule has 0 N–H and O–H groups in total. The highest BCUT2D eigenvalue weighted by Gasteiger charge is 2.25. The fourth-order valence-corrected chi connectivity index (χ4v) is 3.34. The molecular weight excluding hydrogens is 424 g/mol. The number of rotatable bonds is 7. The molecule has 0 spiro atoms. The molecule has 0 aliphatic rings. The average Bonchev–Trinajstić information content (AvgIpc) is 2.60. The number of hydrogen-bond donors (Lipinski definition) is 0. The van der Waals surface area contributed by atoms with E-state index in [0.29, 0.717) is 6.54 Å². The zero-order valence-electron chi connectivity index (χ0n) is 17.0. The van der Waals surface area contributed by atoms with Crippen LogP contribution in [0.4, 0.5) is 0 Å². The standard InChI is InChI=1S/C20H29BrN2O3Si/c1-16(22(2)14-17-10-7-8-11-18(17)21)20(25)23(15-19(24)26-3)12-9-13-27(4,5)6/h7-8,10-11,16H,12,14-15H2,1-6H3/t16-/m0/s1. The van der Waals surface area contributed by atoms with E-state index < -0.39 is 20.1 Å². The van der Waals surface area contributed by atoms with Crippen molar-refractivity contribution in [3.8, 4) is 11.5 Å². The molecule has 1 aromatic carbocycles. The van der Waals surface area contributed by atoms with E-state index in [0.717, 1.165) is 10.0 Å². The van der Waals surface area contributed by atoms with E-state index in [1.54, 1.807) is 0 Å². The van der Waals surface area contributed by atoms with Gasteiger partial charge in [-0.05, 0) is 25.6 Å². The van der Waals surface area contributed by atoms with Crippen molar-refractivity contribution in [1.82, 2.24) is 9.80 Å². The molecule has 1 atom stereocenters. The molecule has 7 heteroatoms. The van der Waals surface area contributed by atoms with Crippen LogP contribution in [0.5, 0.6) is 0 Å². The summed E-state index contributed by atoms with van der Waals surface area (Å²) in [5, 5.41) is 0. The summed E-state index contributed by atoms with van der Waals surface area (Å²) < 4.78 is 5.74. The Hall–Kier alpha value is -1.62. The summed E-state index contributed by atoms with van der Waals surface area (Å²) in [5.74, 6) is 2.49. The number of hydrogen-bond acceptors (Lipinski definition) is 4. The summed E-state index contributed by atoms with van der Waals surface area (Å²) in [6.45, 7) is 9.01. The Balaban J connectivity index is 2.89. The maximum absolute atomic E-state index is 13.0. The molecule has 0 radical (unpaired) electrons. The number of ether oxygens (including phenoxy) is 1. The molecule has 0 unspecified atom stereocenters. The molecule has 1 aromatic rings. The van der Waals surface area contributed by atoms with E-state index in [1.807, 2.05) is 43.1 Å². The molecular formula is C20H29BrN2O3Si. The summed E-state index contributed by atoms with van der Waals surface area (Å²) in [7, 11) is 1.67. The Morgan fingerprint density at radius 3 is 2.44 bits per heavy atom. The van der Waals surface area contributed by atoms with Crippen molar-refractivity contribution in [3.05, 3.63) is 34.3 Å². The Labute approximate surface area is 172 Å². The van der Waals surface area contributed by atoms with E-state index in [9.17, 15) is 9.59 Å². The monoisotopic (exact) mass is 452 g/mol. The van der Waals surface area contributed by atoms with Gasteiger partial charge < -0.3 is 9.64 Å². The molecule has 0 aromatic heterocycles. The third kappa shape index (κ3) is 8.29. The third-order valence-electron chi connectivity index (χ3n) is 3.99. The second-order valence-electron chi connectivity index (χ2n) is 7.50. The zero-order chi connectivity index (χ0) is 20.6. The van der Waals surface area contributed by atoms with Crippen LogP contribution in [0.15, 0.2) is 28.7 Å². The normalized spacial score (nSPS) is 12.1. The summed E-state index contributed by atoms with van der Waals surface area (Å²) in [6.07, 6.45) is 0. The highest BCUT2D eigenvalue weighted by Crippen LogP contribution is 2.18. The van der Waals surface area contributed by atoms with Gasteiger partial charge in [0.15, 0.2) is 0 Å². The van der Waals surface area contributed by atoms with Crippen LogP contribution in [0.2, 0.25) is 19.6 Å². The summed E-state index contributed by atoms with van der Waals surface area (Å²) in [6, 6.07) is 7.53. The van der Waals surface area contributed by atoms with Gasteiger partial charge in [0.1, 0.15) is 14.6 Å². The largest absolute Gasteiger partial charge is 0.468 e. The van der Waals surface area contributed by atoms with Crippen molar-refractivity contribution in [1.29, 1.82) is 0 Å². The molecule has 0 bridgehead atoms. The molecule has 0 heterocycles. The molecule has 0 saturated heterocycles. The number of carbonyl (C=O) groups is 2. The SMILES string of the molecule is COC(=O)CN(CC#C[Si](C)(C)C)C(=O)[C@H](C)N(C)Cc1ccccc1Br. The van der Waals surface area contributed by atoms with E-state index in [2.05, 4.69) is 47.0 Å². The zero-order valence-corrected chi connectivity index (χ0v) is 19.6. The lowest BCUT2D eigenvalue weighted by Crippen LogP contribution is -2.47. The van der Waals surface area contributed by atoms with Gasteiger partial charge in [-0.15, -0.1) is 5.54 Å². The number of likely N-dealkylation sites (N-methyl/N-ethyl adjacent to an activating group) is 1. The number of amides is 1. The van der Waals surface area contributed by atoms with Crippen LogP contribution >= 0.6 is 15.9 Å². The Morgan fingerprint density at radius 2 is 1.89 bits per heavy atom. The van der Waals surface area contributed by atoms with Gasteiger partial charge in [0.05, 0.1) is 19.7 Å². The highest BCUT2D eigenvalue weighted by atomic mass is 79.9. The topological polar surface area (TPSA) is 49.9 Å². The van der Waals surface area contributed by atoms with Gasteiger partial charge in [-0.2, -0.15) is 0 Å². The van der Waals surface area contributed by atoms with Gasteiger partial charge in [0, 0.05) is 11.0 Å². The molecule has 27 heavy (non-hydrogen) atoms. The summed E-state index contributed by atoms with van der Waals surface area (Å²) in [5.41, 5.74) is 4.33. The predicted octanol–water partition coefficient (Wildman–Crippen LogP) is 3.15. The number of methoxy groups -OCH3 is 1. The Morgan fingerprint density at radius 1 is 1.26 bits per heavy atom. The van der Waals surface area contributed by atoms with Gasteiger partial charge in [-0.3, -0.25) is 14.5 Å². The molecule has 1 amide bonds. The molecule has 0 saturated carbocycles. The van der Waals surface area contributed by atoms with Crippen molar-refractivity contribution < 1.29 is 14.3 Å². The van der Waals surface area contributed by atoms with Gasteiger partial charge >= 0.3 is 5.97 Å². The van der Waals surface area contributed by atoms with E-state index in [4.69, 9.17) is 4.74 Å². The van der Waals surface area contributed by atoms with Gasteiger partial charge in [-0.1, -0.05) is 59.7 Å². The van der Waals surface area contributed by atoms with Crippen molar-refractivity contribution in [2.75, 3.05) is 27.2 Å². The van der Waals surface area contributed by atoms with Crippen LogP contribution in [0, 0.1) is 11.5 Å². The molecule has 0 aliphatic carbocycles. The van der Waals surface area contributed by atoms with Crippen LogP contribution in [0.3, 0.4) is 0 Å². The lowest BCUT2D eigenvalue weighted by atomic mass is 10.2. The molecule has 1 rings (SSSR count). The Bertz CT molecular complexity index is 722. The summed E-state index contributed by atoms with van der Waals surface area (Å²) >= 11 is 3.54. The van der Waals surface area contributed by atoms with Crippen LogP contribution in [0.25, 0.3) is 0 Å². The molecule has 5 nitrogen and oxygen atoms in total. The fraction of sp³-hybridized carbons (Fsp3) is 0.500. The van der Waals surface area contributed by atoms with E-state index in [1.165, 1.54) is 12.0 Å². The first-order chi connectivity index (χ1) is 12.5. The lowest BCUT2D eigenvalue weighted by molar-refractivity contribution is -0.148. The second-order valence-corrected chi connectivity index (χ2v) is 13.1. The predicted molar refractivity (Wildman–Crippen MR) is 115 cm³/mol. The quantitative estimate of drug-likeness (QED) is 0.362. The maximum atomic E-state index is 13.0. The van der Waals surface area contributed by atoms with E-state index in [-0.39, 0.29) is 19.0 Å². The highest BCUT2D eigenvalue weighted by molar-refractivity contribution is 9.10. The minimum absolute atomic E-state index is 0.0943. The minimum Gasteiger partial charge on any atom is -0.468 e. The van der Waals surface area contributed by atoms with Crippen LogP contribution in [-0.2, 0) is 20.9 Å². The summed E-state index contributed by atoms with van der Waals surface area (Å²) in [4.78, 5) is 28.1. The van der Waals surface area contributed by atoms with Crippen molar-refractivity contribution in [3.63, 3.8) is 0 Å². The fourth-order valence-electron chi connectivity index (χ4n) is 2.32. The molecule has 0 aliphatic heterocycles. The number of esters is 1. The first kappa shape index (κ1) is 23.4. The maximum Gasteiger partial charge on any atom is 0.325 e.